The van der Waals surface area contributed by atoms with Crippen molar-refractivity contribution in [2.24, 2.45) is 5.92 Å². The highest BCUT2D eigenvalue weighted by atomic mass is 79.9. The van der Waals surface area contributed by atoms with E-state index in [1.165, 1.54) is 0 Å². The number of hydrogen-bond donors (Lipinski definition) is 0. The molecule has 1 aliphatic rings. The molecule has 5 heteroatoms. The van der Waals surface area contributed by atoms with Gasteiger partial charge in [-0.3, -0.25) is 0 Å². The van der Waals surface area contributed by atoms with Crippen LogP contribution in [0.15, 0.2) is 22.7 Å². The molecule has 1 fully saturated rings. The zero-order valence-corrected chi connectivity index (χ0v) is 13.1. The quantitative estimate of drug-likeness (QED) is 0.783. The lowest BCUT2D eigenvalue weighted by atomic mass is 10.1. The fraction of sp³-hybridized carbons (Fsp3) is 0.500. The van der Waals surface area contributed by atoms with Crippen LogP contribution in [0.25, 0.3) is 11.0 Å². The lowest BCUT2D eigenvalue weighted by molar-refractivity contribution is 0.182. The van der Waals surface area contributed by atoms with Gasteiger partial charge in [0.05, 0.1) is 23.0 Å². The van der Waals surface area contributed by atoms with E-state index < -0.39 is 0 Å². The number of alkyl halides is 1. The van der Waals surface area contributed by atoms with E-state index in [2.05, 4.69) is 31.5 Å². The van der Waals surface area contributed by atoms with Gasteiger partial charge in [0.2, 0.25) is 0 Å². The second-order valence-corrected chi connectivity index (χ2v) is 6.63. The maximum atomic E-state index is 6.28. The number of halogens is 2. The smallest absolute Gasteiger partial charge is 0.127 e. The summed E-state index contributed by atoms with van der Waals surface area (Å²) in [4.78, 5) is 4.66. The number of fused-ring (bicyclic) bond motifs is 1. The van der Waals surface area contributed by atoms with E-state index >= 15 is 0 Å². The average Bonchev–Trinajstić information content (AvgIpc) is 2.98. The number of aromatic nitrogens is 2. The molecule has 2 heterocycles. The van der Waals surface area contributed by atoms with Crippen LogP contribution >= 0.6 is 27.5 Å². The van der Waals surface area contributed by atoms with E-state index in [0.29, 0.717) is 5.92 Å². The van der Waals surface area contributed by atoms with E-state index in [1.807, 2.05) is 19.1 Å². The monoisotopic (exact) mass is 342 g/mol. The molecule has 1 aromatic carbocycles. The van der Waals surface area contributed by atoms with E-state index in [1.54, 1.807) is 0 Å². The zero-order valence-electron chi connectivity index (χ0n) is 10.8. The van der Waals surface area contributed by atoms with E-state index in [0.717, 1.165) is 47.5 Å². The summed E-state index contributed by atoms with van der Waals surface area (Å²) < 4.78 is 8.78. The van der Waals surface area contributed by atoms with Gasteiger partial charge in [-0.05, 0) is 31.5 Å². The summed E-state index contributed by atoms with van der Waals surface area (Å²) in [5, 5.41) is -0.0894. The Balaban J connectivity index is 2.06. The van der Waals surface area contributed by atoms with E-state index in [4.69, 9.17) is 16.3 Å². The maximum absolute atomic E-state index is 6.28. The third kappa shape index (κ3) is 2.67. The molecular weight excluding hydrogens is 328 g/mol. The maximum Gasteiger partial charge on any atom is 0.127 e. The Morgan fingerprint density at radius 2 is 2.42 bits per heavy atom. The van der Waals surface area contributed by atoms with Gasteiger partial charge in [0.25, 0.3) is 0 Å². The first-order valence-corrected chi connectivity index (χ1v) is 7.75. The molecule has 1 saturated heterocycles. The van der Waals surface area contributed by atoms with E-state index in [-0.39, 0.29) is 5.38 Å². The largest absolute Gasteiger partial charge is 0.381 e. The lowest BCUT2D eigenvalue weighted by Gasteiger charge is -2.14. The van der Waals surface area contributed by atoms with Gasteiger partial charge >= 0.3 is 0 Å². The molecule has 3 nitrogen and oxygen atoms in total. The molecule has 2 atom stereocenters. The highest BCUT2D eigenvalue weighted by Crippen LogP contribution is 2.28. The van der Waals surface area contributed by atoms with Gasteiger partial charge in [-0.2, -0.15) is 0 Å². The van der Waals surface area contributed by atoms with Crippen molar-refractivity contribution in [3.05, 3.63) is 28.5 Å². The predicted octanol–water partition coefficient (Wildman–Crippen LogP) is 4.14. The third-order valence-corrected chi connectivity index (χ3v) is 4.25. The predicted molar refractivity (Wildman–Crippen MR) is 80.6 cm³/mol. The van der Waals surface area contributed by atoms with Gasteiger partial charge < -0.3 is 9.30 Å². The van der Waals surface area contributed by atoms with E-state index in [9.17, 15) is 0 Å². The minimum Gasteiger partial charge on any atom is -0.381 e. The normalized spacial score (nSPS) is 21.1. The average molecular weight is 344 g/mol. The molecule has 0 N–H and O–H groups in total. The molecule has 19 heavy (non-hydrogen) atoms. The molecule has 0 radical (unpaired) electrons. The van der Waals surface area contributed by atoms with Crippen molar-refractivity contribution in [1.29, 1.82) is 0 Å². The SMILES string of the molecule is CC(Cl)c1nc2ccc(Br)cc2n1CC1CCOC1. The minimum absolute atomic E-state index is 0.0894. The summed E-state index contributed by atoms with van der Waals surface area (Å²) in [6.07, 6.45) is 1.11. The molecule has 0 saturated carbocycles. The molecule has 0 bridgehead atoms. The number of hydrogen-bond acceptors (Lipinski definition) is 2. The second kappa shape index (κ2) is 5.43. The number of rotatable bonds is 3. The first-order chi connectivity index (χ1) is 9.15. The lowest BCUT2D eigenvalue weighted by Crippen LogP contribution is -2.13. The molecule has 3 rings (SSSR count). The number of benzene rings is 1. The Morgan fingerprint density at radius 3 is 3.11 bits per heavy atom. The van der Waals surface area contributed by atoms with Crippen LogP contribution < -0.4 is 0 Å². The van der Waals surface area contributed by atoms with Gasteiger partial charge in [-0.1, -0.05) is 15.9 Å². The van der Waals surface area contributed by atoms with Crippen LogP contribution in [0.3, 0.4) is 0 Å². The highest BCUT2D eigenvalue weighted by molar-refractivity contribution is 9.10. The molecular formula is C14H16BrClN2O. The van der Waals surface area contributed by atoms with Gasteiger partial charge in [0.15, 0.2) is 0 Å². The molecule has 102 valence electrons. The topological polar surface area (TPSA) is 27.1 Å². The van der Waals surface area contributed by atoms with Crippen LogP contribution in [-0.2, 0) is 11.3 Å². The molecule has 1 aromatic heterocycles. The van der Waals surface area contributed by atoms with Crippen LogP contribution in [0.1, 0.15) is 24.5 Å². The molecule has 0 amide bonds. The van der Waals surface area contributed by atoms with Crippen molar-refractivity contribution in [2.45, 2.75) is 25.3 Å². The standard InChI is InChI=1S/C14H16BrClN2O/c1-9(16)14-17-12-3-2-11(15)6-13(12)18(14)7-10-4-5-19-8-10/h2-3,6,9-10H,4-5,7-8H2,1H3. The van der Waals surface area contributed by atoms with Gasteiger partial charge in [0.1, 0.15) is 5.82 Å². The van der Waals surface area contributed by atoms with Crippen LogP contribution in [0.2, 0.25) is 0 Å². The molecule has 0 aliphatic carbocycles. The third-order valence-electron chi connectivity index (χ3n) is 3.56. The Bertz CT molecular complexity index is 590. The number of ether oxygens (including phenoxy) is 1. The van der Waals surface area contributed by atoms with Crippen LogP contribution in [-0.4, -0.2) is 22.8 Å². The summed E-state index contributed by atoms with van der Waals surface area (Å²) in [5.41, 5.74) is 2.15. The van der Waals surface area contributed by atoms with Crippen molar-refractivity contribution < 1.29 is 4.74 Å². The van der Waals surface area contributed by atoms with Gasteiger partial charge in [0, 0.05) is 23.5 Å². The Hall–Kier alpha value is -0.580. The number of nitrogens with zero attached hydrogens (tertiary/aromatic N) is 2. The highest BCUT2D eigenvalue weighted by Gasteiger charge is 2.21. The summed E-state index contributed by atoms with van der Waals surface area (Å²) in [7, 11) is 0. The summed E-state index contributed by atoms with van der Waals surface area (Å²) >= 11 is 9.81. The van der Waals surface area contributed by atoms with Crippen molar-refractivity contribution in [2.75, 3.05) is 13.2 Å². The Labute approximate surface area is 126 Å². The fourth-order valence-corrected chi connectivity index (χ4v) is 3.11. The zero-order chi connectivity index (χ0) is 13.4. The molecule has 2 unspecified atom stereocenters. The first kappa shape index (κ1) is 13.4. The van der Waals surface area contributed by atoms with Crippen LogP contribution in [0, 0.1) is 5.92 Å². The second-order valence-electron chi connectivity index (χ2n) is 5.06. The van der Waals surface area contributed by atoms with Crippen molar-refractivity contribution >= 4 is 38.6 Å². The number of imidazole rings is 1. The van der Waals surface area contributed by atoms with Crippen molar-refractivity contribution in [3.8, 4) is 0 Å². The summed E-state index contributed by atoms with van der Waals surface area (Å²) in [6.45, 7) is 4.61. The van der Waals surface area contributed by atoms with Crippen molar-refractivity contribution in [3.63, 3.8) is 0 Å². The van der Waals surface area contributed by atoms with Crippen molar-refractivity contribution in [1.82, 2.24) is 9.55 Å². The first-order valence-electron chi connectivity index (χ1n) is 6.52. The molecule has 1 aliphatic heterocycles. The molecule has 2 aromatic rings. The van der Waals surface area contributed by atoms with Gasteiger partial charge in [-0.15, -0.1) is 11.6 Å². The van der Waals surface area contributed by atoms with Crippen LogP contribution in [0.4, 0.5) is 0 Å². The molecule has 0 spiro atoms. The Morgan fingerprint density at radius 1 is 1.58 bits per heavy atom. The summed E-state index contributed by atoms with van der Waals surface area (Å²) in [5.74, 6) is 1.51. The minimum atomic E-state index is -0.0894. The fourth-order valence-electron chi connectivity index (χ4n) is 2.60. The van der Waals surface area contributed by atoms with Gasteiger partial charge in [-0.25, -0.2) is 4.98 Å². The Kier molecular flexibility index (Phi) is 3.83. The summed E-state index contributed by atoms with van der Waals surface area (Å²) in [6, 6.07) is 6.16. The van der Waals surface area contributed by atoms with Crippen LogP contribution in [0.5, 0.6) is 0 Å².